The predicted octanol–water partition coefficient (Wildman–Crippen LogP) is 15.5. The highest BCUT2D eigenvalue weighted by Crippen LogP contribution is 2.41. The third-order valence-electron chi connectivity index (χ3n) is 12.9. The van der Waals surface area contributed by atoms with Gasteiger partial charge in [0, 0.05) is 55.1 Å². The fourth-order valence-corrected chi connectivity index (χ4v) is 10.00. The molecule has 5 nitrogen and oxygen atoms in total. The van der Waals surface area contributed by atoms with Gasteiger partial charge in [0.1, 0.15) is 0 Å². The first-order valence-corrected chi connectivity index (χ1v) is 21.8. The van der Waals surface area contributed by atoms with Gasteiger partial charge in [-0.05, 0) is 108 Å². The van der Waals surface area contributed by atoms with E-state index in [0.717, 1.165) is 61.7 Å². The van der Waals surface area contributed by atoms with Gasteiger partial charge in [-0.3, -0.25) is 0 Å². The van der Waals surface area contributed by atoms with Gasteiger partial charge >= 0.3 is 0 Å². The molecule has 300 valence electrons. The second kappa shape index (κ2) is 14.5. The molecule has 0 radical (unpaired) electrons. The molecule has 0 aliphatic rings. The SMILES string of the molecule is c1ccc(N(c2ccc(-c3ccc(-n4c5ccccc5c5ccc(-n6ncc7c6ccc6c8ccccc8n(-c8ccccc8)c67)cc54)cc3)cc2)c2cccc3ccccc23)cc1. The van der Waals surface area contributed by atoms with E-state index in [1.165, 1.54) is 48.9 Å². The Bertz CT molecular complexity index is 3870. The van der Waals surface area contributed by atoms with Gasteiger partial charge in [-0.1, -0.05) is 140 Å². The van der Waals surface area contributed by atoms with Crippen LogP contribution in [0.2, 0.25) is 0 Å². The summed E-state index contributed by atoms with van der Waals surface area (Å²) in [6.07, 6.45) is 2.03. The molecule has 0 atom stereocenters. The molecule has 0 N–H and O–H groups in total. The van der Waals surface area contributed by atoms with Crippen LogP contribution in [0.5, 0.6) is 0 Å². The summed E-state index contributed by atoms with van der Waals surface area (Å²) in [5, 5.41) is 13.5. The maximum Gasteiger partial charge on any atom is 0.0762 e. The summed E-state index contributed by atoms with van der Waals surface area (Å²) in [6.45, 7) is 0. The van der Waals surface area contributed by atoms with Crippen molar-refractivity contribution in [2.45, 2.75) is 0 Å². The monoisotopic (exact) mass is 817 g/mol. The van der Waals surface area contributed by atoms with Crippen LogP contribution in [0.25, 0.3) is 93.5 Å². The highest BCUT2D eigenvalue weighted by atomic mass is 15.3. The Morgan fingerprint density at radius 3 is 1.64 bits per heavy atom. The average Bonchev–Trinajstić information content (AvgIpc) is 4.05. The third-order valence-corrected chi connectivity index (χ3v) is 12.9. The maximum absolute atomic E-state index is 5.08. The topological polar surface area (TPSA) is 30.9 Å². The second-order valence-electron chi connectivity index (χ2n) is 16.5. The molecule has 0 aliphatic heterocycles. The molecule has 0 unspecified atom stereocenters. The number of aromatic nitrogens is 4. The number of anilines is 3. The quantitative estimate of drug-likeness (QED) is 0.160. The minimum Gasteiger partial charge on any atom is -0.310 e. The van der Waals surface area contributed by atoms with Crippen LogP contribution in [-0.4, -0.2) is 18.9 Å². The van der Waals surface area contributed by atoms with Gasteiger partial charge in [-0.15, -0.1) is 0 Å². The van der Waals surface area contributed by atoms with Crippen molar-refractivity contribution in [1.82, 2.24) is 18.9 Å². The molecule has 13 rings (SSSR count). The summed E-state index contributed by atoms with van der Waals surface area (Å²) < 4.78 is 6.86. The smallest absolute Gasteiger partial charge is 0.0762 e. The standard InChI is InChI=1S/C59H39N5/c1-3-16-43(17-4-1)61(54-25-13-15-42-14-7-8-20-48(42)54)45-30-26-40(27-31-45)41-28-32-46(33-29-41)62-55-23-11-9-21-49(55)51-35-34-47(38-58(51)62)64-57-37-36-52-50-22-10-12-24-56(50)63(44-18-5-2-6-19-44)59(52)53(57)39-60-64/h1-39H. The van der Waals surface area contributed by atoms with E-state index >= 15 is 0 Å². The summed E-state index contributed by atoms with van der Waals surface area (Å²) in [4.78, 5) is 2.35. The number of rotatable bonds is 7. The fraction of sp³-hybridized carbons (Fsp3) is 0. The van der Waals surface area contributed by atoms with Crippen molar-refractivity contribution in [1.29, 1.82) is 0 Å². The zero-order valence-electron chi connectivity index (χ0n) is 34.8. The van der Waals surface area contributed by atoms with Gasteiger partial charge in [0.2, 0.25) is 0 Å². The third kappa shape index (κ3) is 5.61. The fourth-order valence-electron chi connectivity index (χ4n) is 10.00. The molecular formula is C59H39N5. The second-order valence-corrected chi connectivity index (χ2v) is 16.5. The number of hydrogen-bond donors (Lipinski definition) is 0. The average molecular weight is 818 g/mol. The first-order chi connectivity index (χ1) is 31.8. The van der Waals surface area contributed by atoms with Crippen molar-refractivity contribution >= 4 is 82.3 Å². The van der Waals surface area contributed by atoms with E-state index in [2.05, 4.69) is 249 Å². The number of benzene rings is 10. The maximum atomic E-state index is 5.08. The van der Waals surface area contributed by atoms with E-state index in [-0.39, 0.29) is 0 Å². The normalized spacial score (nSPS) is 11.8. The van der Waals surface area contributed by atoms with E-state index in [9.17, 15) is 0 Å². The predicted molar refractivity (Wildman–Crippen MR) is 267 cm³/mol. The summed E-state index contributed by atoms with van der Waals surface area (Å²) in [7, 11) is 0. The van der Waals surface area contributed by atoms with Crippen LogP contribution in [0, 0.1) is 0 Å². The molecule has 0 aliphatic carbocycles. The zero-order valence-corrected chi connectivity index (χ0v) is 34.8. The number of para-hydroxylation sites is 4. The van der Waals surface area contributed by atoms with E-state index in [1.54, 1.807) is 0 Å². The van der Waals surface area contributed by atoms with Crippen molar-refractivity contribution in [3.8, 4) is 28.2 Å². The molecule has 0 bridgehead atoms. The first-order valence-electron chi connectivity index (χ1n) is 21.8. The van der Waals surface area contributed by atoms with Gasteiger partial charge in [-0.2, -0.15) is 5.10 Å². The zero-order chi connectivity index (χ0) is 42.1. The van der Waals surface area contributed by atoms with E-state index in [1.807, 2.05) is 6.20 Å². The summed E-state index contributed by atoms with van der Waals surface area (Å²) in [5.41, 5.74) is 14.7. The highest BCUT2D eigenvalue weighted by molar-refractivity contribution is 6.18. The number of hydrogen-bond acceptors (Lipinski definition) is 2. The van der Waals surface area contributed by atoms with Crippen LogP contribution in [0.15, 0.2) is 237 Å². The Labute approximate surface area is 369 Å². The molecule has 0 saturated carbocycles. The lowest BCUT2D eigenvalue weighted by atomic mass is 10.0. The van der Waals surface area contributed by atoms with Crippen molar-refractivity contribution < 1.29 is 0 Å². The van der Waals surface area contributed by atoms with Crippen molar-refractivity contribution in [2.24, 2.45) is 0 Å². The van der Waals surface area contributed by atoms with Crippen LogP contribution in [0.3, 0.4) is 0 Å². The molecule has 64 heavy (non-hydrogen) atoms. The largest absolute Gasteiger partial charge is 0.310 e. The molecule has 3 heterocycles. The lowest BCUT2D eigenvalue weighted by molar-refractivity contribution is 0.911. The lowest BCUT2D eigenvalue weighted by Gasteiger charge is -2.27. The van der Waals surface area contributed by atoms with E-state index < -0.39 is 0 Å². The van der Waals surface area contributed by atoms with Gasteiger partial charge in [0.15, 0.2) is 0 Å². The van der Waals surface area contributed by atoms with Gasteiger partial charge in [-0.25, -0.2) is 4.68 Å². The molecule has 3 aromatic heterocycles. The lowest BCUT2D eigenvalue weighted by Crippen LogP contribution is -2.10. The first kappa shape index (κ1) is 36.0. The van der Waals surface area contributed by atoms with Crippen LogP contribution in [0.1, 0.15) is 0 Å². The van der Waals surface area contributed by atoms with E-state index in [4.69, 9.17) is 5.10 Å². The Hall–Kier alpha value is -8.67. The molecule has 0 amide bonds. The van der Waals surface area contributed by atoms with E-state index in [0.29, 0.717) is 0 Å². The molecule has 5 heteroatoms. The van der Waals surface area contributed by atoms with Crippen LogP contribution < -0.4 is 4.90 Å². The molecule has 13 aromatic rings. The Morgan fingerprint density at radius 1 is 0.328 bits per heavy atom. The van der Waals surface area contributed by atoms with Crippen LogP contribution in [0.4, 0.5) is 17.1 Å². The number of nitrogens with zero attached hydrogens (tertiary/aromatic N) is 5. The molecule has 10 aromatic carbocycles. The van der Waals surface area contributed by atoms with Crippen LogP contribution >= 0.6 is 0 Å². The molecule has 0 fully saturated rings. The van der Waals surface area contributed by atoms with Gasteiger partial charge < -0.3 is 14.0 Å². The van der Waals surface area contributed by atoms with Crippen LogP contribution in [-0.2, 0) is 0 Å². The number of fused-ring (bicyclic) bond motifs is 9. The van der Waals surface area contributed by atoms with Crippen molar-refractivity contribution in [2.75, 3.05) is 4.90 Å². The van der Waals surface area contributed by atoms with Crippen molar-refractivity contribution in [3.05, 3.63) is 237 Å². The molecule has 0 saturated heterocycles. The summed E-state index contributed by atoms with van der Waals surface area (Å²) in [5.74, 6) is 0. The minimum atomic E-state index is 1.01. The Morgan fingerprint density at radius 2 is 0.875 bits per heavy atom. The molecule has 0 spiro atoms. The minimum absolute atomic E-state index is 1.01. The van der Waals surface area contributed by atoms with Gasteiger partial charge in [0.25, 0.3) is 0 Å². The Kier molecular flexibility index (Phi) is 8.15. The van der Waals surface area contributed by atoms with Gasteiger partial charge in [0.05, 0.1) is 45.2 Å². The summed E-state index contributed by atoms with van der Waals surface area (Å²) in [6, 6.07) is 82.9. The highest BCUT2D eigenvalue weighted by Gasteiger charge is 2.20. The molecular weight excluding hydrogens is 779 g/mol. The summed E-state index contributed by atoms with van der Waals surface area (Å²) >= 11 is 0. The Balaban J connectivity index is 0.892. The van der Waals surface area contributed by atoms with Crippen molar-refractivity contribution in [3.63, 3.8) is 0 Å².